The van der Waals surface area contributed by atoms with Crippen molar-refractivity contribution in [1.82, 2.24) is 0 Å². The lowest BCUT2D eigenvalue weighted by Crippen LogP contribution is -2.12. The van der Waals surface area contributed by atoms with Crippen molar-refractivity contribution in [2.75, 3.05) is 30.0 Å². The second kappa shape index (κ2) is 10.6. The first-order valence-electron chi connectivity index (χ1n) is 7.06. The van der Waals surface area contributed by atoms with Crippen molar-refractivity contribution in [2.24, 2.45) is 5.73 Å². The van der Waals surface area contributed by atoms with E-state index in [1.54, 1.807) is 0 Å². The topological polar surface area (TPSA) is 64.3 Å². The van der Waals surface area contributed by atoms with Crippen molar-refractivity contribution in [3.63, 3.8) is 0 Å². The number of amides is 1. The molecule has 0 heterocycles. The highest BCUT2D eigenvalue weighted by atomic mass is 32.2. The van der Waals surface area contributed by atoms with Crippen molar-refractivity contribution in [3.8, 4) is 5.75 Å². The van der Waals surface area contributed by atoms with Crippen LogP contribution in [0.3, 0.4) is 0 Å². The summed E-state index contributed by atoms with van der Waals surface area (Å²) >= 11 is 1.84. The summed E-state index contributed by atoms with van der Waals surface area (Å²) in [5.74, 6) is 2.84. The van der Waals surface area contributed by atoms with Gasteiger partial charge in [-0.05, 0) is 36.4 Å². The fourth-order valence-corrected chi connectivity index (χ4v) is 2.57. The minimum atomic E-state index is 0.0598. The smallest absolute Gasteiger partial charge is 0.225 e. The molecule has 0 fully saturated rings. The lowest BCUT2D eigenvalue weighted by atomic mass is 10.3. The summed E-state index contributed by atoms with van der Waals surface area (Å²) < 4.78 is 5.38. The Morgan fingerprint density at radius 1 is 1.30 bits per heavy atom. The number of carbonyl (C=O) groups excluding carboxylic acids is 1. The predicted molar refractivity (Wildman–Crippen MR) is 86.5 cm³/mol. The van der Waals surface area contributed by atoms with E-state index in [4.69, 9.17) is 10.5 Å². The van der Waals surface area contributed by atoms with Crippen LogP contribution in [0, 0.1) is 0 Å². The monoisotopic (exact) mass is 296 g/mol. The molecule has 112 valence electrons. The standard InChI is InChI=1S/C15H24N2O2S/c1-2-3-11-20-12-8-15(18)17-13-4-6-14(7-5-13)19-10-9-16/h4-7H,2-3,8-12,16H2,1H3,(H,17,18). The van der Waals surface area contributed by atoms with E-state index in [0.717, 1.165) is 22.9 Å². The molecule has 0 spiro atoms. The van der Waals surface area contributed by atoms with E-state index < -0.39 is 0 Å². The number of rotatable bonds is 10. The fourth-order valence-electron chi connectivity index (χ4n) is 1.55. The first-order valence-corrected chi connectivity index (χ1v) is 8.22. The third-order valence-electron chi connectivity index (χ3n) is 2.64. The molecule has 1 aromatic carbocycles. The van der Waals surface area contributed by atoms with Crippen molar-refractivity contribution in [1.29, 1.82) is 0 Å². The van der Waals surface area contributed by atoms with E-state index in [-0.39, 0.29) is 5.91 Å². The van der Waals surface area contributed by atoms with Gasteiger partial charge in [-0.1, -0.05) is 13.3 Å². The van der Waals surface area contributed by atoms with Crippen LogP contribution in [0.4, 0.5) is 5.69 Å². The van der Waals surface area contributed by atoms with Gasteiger partial charge in [0.2, 0.25) is 5.91 Å². The van der Waals surface area contributed by atoms with E-state index in [1.165, 1.54) is 12.8 Å². The zero-order valence-electron chi connectivity index (χ0n) is 12.1. The van der Waals surface area contributed by atoms with Crippen LogP contribution in [0.5, 0.6) is 5.75 Å². The highest BCUT2D eigenvalue weighted by Crippen LogP contribution is 2.16. The Hall–Kier alpha value is -1.20. The number of thioether (sulfide) groups is 1. The maximum Gasteiger partial charge on any atom is 0.225 e. The summed E-state index contributed by atoms with van der Waals surface area (Å²) in [5, 5.41) is 2.88. The molecule has 0 radical (unpaired) electrons. The molecule has 0 unspecified atom stereocenters. The number of hydrogen-bond donors (Lipinski definition) is 2. The van der Waals surface area contributed by atoms with Crippen LogP contribution < -0.4 is 15.8 Å². The Bertz CT molecular complexity index is 382. The third kappa shape index (κ3) is 7.40. The quantitative estimate of drug-likeness (QED) is 0.652. The van der Waals surface area contributed by atoms with Gasteiger partial charge in [-0.2, -0.15) is 11.8 Å². The number of ether oxygens (including phenoxy) is 1. The van der Waals surface area contributed by atoms with Crippen molar-refractivity contribution in [2.45, 2.75) is 26.2 Å². The van der Waals surface area contributed by atoms with Gasteiger partial charge in [0.15, 0.2) is 0 Å². The van der Waals surface area contributed by atoms with Crippen LogP contribution in [0.25, 0.3) is 0 Å². The maximum absolute atomic E-state index is 11.7. The summed E-state index contributed by atoms with van der Waals surface area (Å²) in [6.07, 6.45) is 2.98. The van der Waals surface area contributed by atoms with Gasteiger partial charge in [0.05, 0.1) is 0 Å². The summed E-state index contributed by atoms with van der Waals surface area (Å²) in [5.41, 5.74) is 6.16. The van der Waals surface area contributed by atoms with Crippen LogP contribution in [-0.4, -0.2) is 30.6 Å². The zero-order valence-corrected chi connectivity index (χ0v) is 12.9. The number of benzene rings is 1. The summed E-state index contributed by atoms with van der Waals surface area (Å²) in [6.45, 7) is 3.17. The average molecular weight is 296 g/mol. The van der Waals surface area contributed by atoms with Crippen LogP contribution in [0.1, 0.15) is 26.2 Å². The van der Waals surface area contributed by atoms with E-state index in [9.17, 15) is 4.79 Å². The zero-order chi connectivity index (χ0) is 14.6. The molecule has 0 saturated carbocycles. The van der Waals surface area contributed by atoms with Crippen LogP contribution in [-0.2, 0) is 4.79 Å². The fraction of sp³-hybridized carbons (Fsp3) is 0.533. The lowest BCUT2D eigenvalue weighted by Gasteiger charge is -2.07. The van der Waals surface area contributed by atoms with E-state index in [0.29, 0.717) is 19.6 Å². The summed E-state index contributed by atoms with van der Waals surface area (Å²) in [7, 11) is 0. The SMILES string of the molecule is CCCCSCCC(=O)Nc1ccc(OCCN)cc1. The molecule has 3 N–H and O–H groups in total. The molecule has 1 amide bonds. The number of carbonyl (C=O) groups is 1. The number of nitrogens with two attached hydrogens (primary N) is 1. The van der Waals surface area contributed by atoms with Crippen LogP contribution >= 0.6 is 11.8 Å². The Morgan fingerprint density at radius 2 is 2.05 bits per heavy atom. The molecule has 0 saturated heterocycles. The molecule has 0 atom stereocenters. The third-order valence-corrected chi connectivity index (χ3v) is 3.71. The number of anilines is 1. The average Bonchev–Trinajstić information content (AvgIpc) is 2.46. The molecule has 0 aliphatic carbocycles. The Morgan fingerprint density at radius 3 is 2.70 bits per heavy atom. The molecule has 1 rings (SSSR count). The van der Waals surface area contributed by atoms with Crippen LogP contribution in [0.15, 0.2) is 24.3 Å². The molecule has 0 aliphatic heterocycles. The van der Waals surface area contributed by atoms with Crippen molar-refractivity contribution >= 4 is 23.4 Å². The maximum atomic E-state index is 11.7. The molecular formula is C15H24N2O2S. The first kappa shape index (κ1) is 16.9. The normalized spacial score (nSPS) is 10.3. The minimum Gasteiger partial charge on any atom is -0.492 e. The lowest BCUT2D eigenvalue weighted by molar-refractivity contribution is -0.115. The van der Waals surface area contributed by atoms with Gasteiger partial charge in [-0.15, -0.1) is 0 Å². The molecule has 5 heteroatoms. The highest BCUT2D eigenvalue weighted by Gasteiger charge is 2.02. The van der Waals surface area contributed by atoms with Gasteiger partial charge >= 0.3 is 0 Å². The van der Waals surface area contributed by atoms with E-state index >= 15 is 0 Å². The predicted octanol–water partition coefficient (Wildman–Crippen LogP) is 2.89. The molecule has 0 aliphatic rings. The Balaban J connectivity index is 2.24. The van der Waals surface area contributed by atoms with Gasteiger partial charge in [-0.3, -0.25) is 4.79 Å². The van der Waals surface area contributed by atoms with Gasteiger partial charge < -0.3 is 15.8 Å². The number of nitrogens with one attached hydrogen (secondary N) is 1. The van der Waals surface area contributed by atoms with Crippen LogP contribution in [0.2, 0.25) is 0 Å². The Kier molecular flexibility index (Phi) is 8.91. The molecule has 0 aromatic heterocycles. The largest absolute Gasteiger partial charge is 0.492 e. The number of hydrogen-bond acceptors (Lipinski definition) is 4. The summed E-state index contributed by atoms with van der Waals surface area (Å²) in [6, 6.07) is 7.35. The van der Waals surface area contributed by atoms with Gasteiger partial charge in [0.1, 0.15) is 12.4 Å². The minimum absolute atomic E-state index is 0.0598. The van der Waals surface area contributed by atoms with Gasteiger partial charge in [0, 0.05) is 24.4 Å². The molecular weight excluding hydrogens is 272 g/mol. The summed E-state index contributed by atoms with van der Waals surface area (Å²) in [4.78, 5) is 11.7. The van der Waals surface area contributed by atoms with Gasteiger partial charge in [-0.25, -0.2) is 0 Å². The first-order chi connectivity index (χ1) is 9.76. The molecule has 0 bridgehead atoms. The van der Waals surface area contributed by atoms with E-state index in [1.807, 2.05) is 36.0 Å². The molecule has 20 heavy (non-hydrogen) atoms. The molecule has 1 aromatic rings. The van der Waals surface area contributed by atoms with Crippen molar-refractivity contribution in [3.05, 3.63) is 24.3 Å². The molecule has 4 nitrogen and oxygen atoms in total. The van der Waals surface area contributed by atoms with E-state index in [2.05, 4.69) is 12.2 Å². The van der Waals surface area contributed by atoms with Gasteiger partial charge in [0.25, 0.3) is 0 Å². The number of unbranched alkanes of at least 4 members (excludes halogenated alkanes) is 1. The van der Waals surface area contributed by atoms with Crippen molar-refractivity contribution < 1.29 is 9.53 Å². The second-order valence-corrected chi connectivity index (χ2v) is 5.65. The second-order valence-electron chi connectivity index (χ2n) is 4.43. The Labute approximate surface area is 125 Å². The highest BCUT2D eigenvalue weighted by molar-refractivity contribution is 7.99.